The third kappa shape index (κ3) is 8.59. The molecule has 1 aliphatic rings. The second-order valence-electron chi connectivity index (χ2n) is 7.42. The fraction of sp³-hybridized carbons (Fsp3) is 0.435. The number of alkyl halides is 3. The van der Waals surface area contributed by atoms with Gasteiger partial charge in [0.05, 0.1) is 18.3 Å². The Bertz CT molecular complexity index is 854. The number of halogens is 4. The zero-order valence-electron chi connectivity index (χ0n) is 18.0. The summed E-state index contributed by atoms with van der Waals surface area (Å²) in [6, 6.07) is 13.3. The predicted molar refractivity (Wildman–Crippen MR) is 129 cm³/mol. The van der Waals surface area contributed by atoms with Crippen molar-refractivity contribution in [1.29, 1.82) is 0 Å². The highest BCUT2D eigenvalue weighted by Crippen LogP contribution is 2.29. The normalized spacial score (nSPS) is 15.2. The molecule has 0 radical (unpaired) electrons. The Balaban J connectivity index is 0.00000363. The minimum absolute atomic E-state index is 0. The van der Waals surface area contributed by atoms with Crippen LogP contribution in [0, 0.1) is 0 Å². The van der Waals surface area contributed by atoms with Gasteiger partial charge in [-0.05, 0) is 41.7 Å². The van der Waals surface area contributed by atoms with Crippen molar-refractivity contribution < 1.29 is 22.6 Å². The van der Waals surface area contributed by atoms with Gasteiger partial charge >= 0.3 is 6.18 Å². The van der Waals surface area contributed by atoms with Crippen molar-refractivity contribution in [2.45, 2.75) is 44.8 Å². The molecule has 0 amide bonds. The Labute approximate surface area is 203 Å². The monoisotopic (exact) mass is 563 g/mol. The Hall–Kier alpha value is -1.85. The standard InChI is InChI=1S/C23H28F3N3O2.HI/c1-27-22(28-14-17-5-7-20(8-6-17)23(24,25)26)29-15-18-3-2-4-19(13-18)16-31-21-9-11-30-12-10-21;/h2-8,13,21H,9-12,14-16H2,1H3,(H2,27,28,29);1H. The number of ether oxygens (including phenoxy) is 2. The van der Waals surface area contributed by atoms with Crippen molar-refractivity contribution in [3.8, 4) is 0 Å². The molecule has 3 rings (SSSR count). The number of aliphatic imine (C=N–C) groups is 1. The Morgan fingerprint density at radius 3 is 2.25 bits per heavy atom. The predicted octanol–water partition coefficient (Wildman–Crippen LogP) is 4.88. The number of nitrogens with zero attached hydrogens (tertiary/aromatic N) is 1. The maximum absolute atomic E-state index is 12.7. The van der Waals surface area contributed by atoms with Gasteiger partial charge in [0.25, 0.3) is 0 Å². The van der Waals surface area contributed by atoms with E-state index < -0.39 is 11.7 Å². The molecule has 9 heteroatoms. The van der Waals surface area contributed by atoms with E-state index in [1.54, 1.807) is 7.05 Å². The van der Waals surface area contributed by atoms with Gasteiger partial charge < -0.3 is 20.1 Å². The lowest BCUT2D eigenvalue weighted by molar-refractivity contribution is -0.137. The molecular weight excluding hydrogens is 534 g/mol. The highest BCUT2D eigenvalue weighted by atomic mass is 127. The number of hydrogen-bond acceptors (Lipinski definition) is 3. The summed E-state index contributed by atoms with van der Waals surface area (Å²) in [6.45, 7) is 3.02. The van der Waals surface area contributed by atoms with Crippen molar-refractivity contribution in [3.05, 3.63) is 70.8 Å². The van der Waals surface area contributed by atoms with Crippen LogP contribution in [0.5, 0.6) is 0 Å². The molecule has 0 saturated carbocycles. The van der Waals surface area contributed by atoms with E-state index >= 15 is 0 Å². The van der Waals surface area contributed by atoms with Gasteiger partial charge in [0.2, 0.25) is 0 Å². The molecule has 2 aromatic carbocycles. The van der Waals surface area contributed by atoms with Crippen LogP contribution in [-0.4, -0.2) is 32.3 Å². The van der Waals surface area contributed by atoms with Crippen LogP contribution < -0.4 is 10.6 Å². The minimum Gasteiger partial charge on any atom is -0.381 e. The molecule has 0 spiro atoms. The summed E-state index contributed by atoms with van der Waals surface area (Å²) in [6.07, 6.45) is -2.21. The molecule has 5 nitrogen and oxygen atoms in total. The molecule has 32 heavy (non-hydrogen) atoms. The topological polar surface area (TPSA) is 54.9 Å². The van der Waals surface area contributed by atoms with Crippen LogP contribution in [0.15, 0.2) is 53.5 Å². The SMILES string of the molecule is CN=C(NCc1ccc(C(F)(F)F)cc1)NCc1cccc(COC2CCOCC2)c1.I. The first-order valence-corrected chi connectivity index (χ1v) is 10.3. The van der Waals surface area contributed by atoms with E-state index in [1.807, 2.05) is 18.2 Å². The molecule has 1 saturated heterocycles. The van der Waals surface area contributed by atoms with Gasteiger partial charge in [-0.15, -0.1) is 24.0 Å². The number of rotatable bonds is 7. The molecule has 0 aromatic heterocycles. The van der Waals surface area contributed by atoms with Crippen LogP contribution in [0.25, 0.3) is 0 Å². The first kappa shape index (κ1) is 26.4. The maximum atomic E-state index is 12.7. The van der Waals surface area contributed by atoms with E-state index in [0.717, 1.165) is 54.9 Å². The van der Waals surface area contributed by atoms with Crippen LogP contribution in [0.1, 0.15) is 35.1 Å². The second kappa shape index (κ2) is 13.0. The lowest BCUT2D eigenvalue weighted by Crippen LogP contribution is -2.36. The lowest BCUT2D eigenvalue weighted by Gasteiger charge is -2.22. The average molecular weight is 563 g/mol. The van der Waals surface area contributed by atoms with Gasteiger partial charge in [0.15, 0.2) is 5.96 Å². The summed E-state index contributed by atoms with van der Waals surface area (Å²) >= 11 is 0. The molecule has 2 N–H and O–H groups in total. The molecule has 1 aliphatic heterocycles. The van der Waals surface area contributed by atoms with Crippen LogP contribution >= 0.6 is 24.0 Å². The molecule has 0 bridgehead atoms. The quantitative estimate of drug-likeness (QED) is 0.287. The first-order valence-electron chi connectivity index (χ1n) is 10.3. The number of nitrogens with one attached hydrogen (secondary N) is 2. The van der Waals surface area contributed by atoms with Crippen molar-refractivity contribution in [2.75, 3.05) is 20.3 Å². The van der Waals surface area contributed by atoms with E-state index in [2.05, 4.69) is 21.7 Å². The van der Waals surface area contributed by atoms with Gasteiger partial charge in [-0.2, -0.15) is 13.2 Å². The Morgan fingerprint density at radius 1 is 1.00 bits per heavy atom. The van der Waals surface area contributed by atoms with Crippen molar-refractivity contribution in [3.63, 3.8) is 0 Å². The summed E-state index contributed by atoms with van der Waals surface area (Å²) in [7, 11) is 1.65. The average Bonchev–Trinajstić information content (AvgIpc) is 2.78. The van der Waals surface area contributed by atoms with Gasteiger partial charge in [0.1, 0.15) is 0 Å². The number of hydrogen-bond donors (Lipinski definition) is 2. The first-order chi connectivity index (χ1) is 14.9. The molecular formula is C23H29F3IN3O2. The van der Waals surface area contributed by atoms with Gasteiger partial charge in [-0.25, -0.2) is 0 Å². The molecule has 176 valence electrons. The lowest BCUT2D eigenvalue weighted by atomic mass is 10.1. The van der Waals surface area contributed by atoms with Crippen LogP contribution in [-0.2, 0) is 35.3 Å². The van der Waals surface area contributed by atoms with Gasteiger partial charge in [0, 0.05) is 33.4 Å². The van der Waals surface area contributed by atoms with E-state index in [0.29, 0.717) is 25.7 Å². The molecule has 1 fully saturated rings. The molecule has 0 aliphatic carbocycles. The minimum atomic E-state index is -4.33. The van der Waals surface area contributed by atoms with Gasteiger partial charge in [-0.1, -0.05) is 36.4 Å². The second-order valence-corrected chi connectivity index (χ2v) is 7.42. The van der Waals surface area contributed by atoms with E-state index in [-0.39, 0.29) is 30.1 Å². The van der Waals surface area contributed by atoms with Crippen molar-refractivity contribution in [1.82, 2.24) is 10.6 Å². The maximum Gasteiger partial charge on any atom is 0.416 e. The zero-order chi connectivity index (χ0) is 22.1. The fourth-order valence-electron chi connectivity index (χ4n) is 3.29. The summed E-state index contributed by atoms with van der Waals surface area (Å²) in [4.78, 5) is 4.17. The largest absolute Gasteiger partial charge is 0.416 e. The highest BCUT2D eigenvalue weighted by molar-refractivity contribution is 14.0. The summed E-state index contributed by atoms with van der Waals surface area (Å²) in [5.74, 6) is 0.573. The summed E-state index contributed by atoms with van der Waals surface area (Å²) in [5, 5.41) is 6.34. The highest BCUT2D eigenvalue weighted by Gasteiger charge is 2.29. The molecule has 0 unspecified atom stereocenters. The van der Waals surface area contributed by atoms with E-state index in [9.17, 15) is 13.2 Å². The number of guanidine groups is 1. The molecule has 1 heterocycles. The third-order valence-electron chi connectivity index (χ3n) is 5.07. The molecule has 2 aromatic rings. The zero-order valence-corrected chi connectivity index (χ0v) is 20.3. The smallest absolute Gasteiger partial charge is 0.381 e. The summed E-state index contributed by atoms with van der Waals surface area (Å²) in [5.41, 5.74) is 2.28. The van der Waals surface area contributed by atoms with E-state index in [4.69, 9.17) is 9.47 Å². The Morgan fingerprint density at radius 2 is 1.62 bits per heavy atom. The van der Waals surface area contributed by atoms with Crippen LogP contribution in [0.3, 0.4) is 0 Å². The fourth-order valence-corrected chi connectivity index (χ4v) is 3.29. The molecule has 0 atom stereocenters. The van der Waals surface area contributed by atoms with Crippen LogP contribution in [0.2, 0.25) is 0 Å². The van der Waals surface area contributed by atoms with Crippen molar-refractivity contribution >= 4 is 29.9 Å². The van der Waals surface area contributed by atoms with E-state index in [1.165, 1.54) is 12.1 Å². The third-order valence-corrected chi connectivity index (χ3v) is 5.07. The number of benzene rings is 2. The van der Waals surface area contributed by atoms with Gasteiger partial charge in [-0.3, -0.25) is 4.99 Å². The summed E-state index contributed by atoms with van der Waals surface area (Å²) < 4.78 is 49.3. The van der Waals surface area contributed by atoms with Crippen molar-refractivity contribution in [2.24, 2.45) is 4.99 Å². The Kier molecular flexibility index (Phi) is 10.7. The van der Waals surface area contributed by atoms with Crippen LogP contribution in [0.4, 0.5) is 13.2 Å².